The summed E-state index contributed by atoms with van der Waals surface area (Å²) in [6.07, 6.45) is 1.41. The summed E-state index contributed by atoms with van der Waals surface area (Å²) >= 11 is 0. The summed E-state index contributed by atoms with van der Waals surface area (Å²) in [5.41, 5.74) is 1.31. The second-order valence-electron chi connectivity index (χ2n) is 6.21. The minimum atomic E-state index is -0.900. The number of hydrogen-bond donors (Lipinski definition) is 3. The van der Waals surface area contributed by atoms with Crippen molar-refractivity contribution in [1.82, 2.24) is 20.5 Å². The molecule has 0 saturated carbocycles. The lowest BCUT2D eigenvalue weighted by molar-refractivity contribution is 0.132. The SMILES string of the molecule is O=C1N[C@H]2CN(C(=O)NCCc3c[nH]c4cc(F)c(F)cc34)C[C@H]2O1. The van der Waals surface area contributed by atoms with Crippen LogP contribution in [0.5, 0.6) is 0 Å². The Kier molecular flexibility index (Phi) is 3.70. The summed E-state index contributed by atoms with van der Waals surface area (Å²) in [6, 6.07) is 1.86. The molecule has 3 heterocycles. The van der Waals surface area contributed by atoms with E-state index >= 15 is 0 Å². The third-order valence-electron chi connectivity index (χ3n) is 4.59. The standard InChI is InChI=1S/C16H16F2N4O3/c17-10-3-9-8(5-20-12(9)4-11(10)18)1-2-19-15(23)22-6-13-14(7-22)25-16(24)21-13/h3-5,13-14,20H,1-2,6-7H2,(H,19,23)(H,21,24)/t13-,14+/m0/s1. The van der Waals surface area contributed by atoms with Gasteiger partial charge in [0.15, 0.2) is 11.6 Å². The number of carbonyl (C=O) groups is 2. The predicted octanol–water partition coefficient (Wildman–Crippen LogP) is 1.49. The van der Waals surface area contributed by atoms with Gasteiger partial charge in [0.2, 0.25) is 0 Å². The topological polar surface area (TPSA) is 86.5 Å². The van der Waals surface area contributed by atoms with Crippen molar-refractivity contribution in [2.24, 2.45) is 0 Å². The number of fused-ring (bicyclic) bond motifs is 2. The Hall–Kier alpha value is -2.84. The number of aromatic nitrogens is 1. The zero-order valence-corrected chi connectivity index (χ0v) is 13.1. The van der Waals surface area contributed by atoms with Gasteiger partial charge in [-0.1, -0.05) is 0 Å². The first kappa shape index (κ1) is 15.7. The maximum absolute atomic E-state index is 13.4. The van der Waals surface area contributed by atoms with Crippen LogP contribution >= 0.6 is 0 Å². The number of urea groups is 1. The van der Waals surface area contributed by atoms with E-state index < -0.39 is 17.7 Å². The summed E-state index contributed by atoms with van der Waals surface area (Å²) in [7, 11) is 0. The molecular weight excluding hydrogens is 334 g/mol. The van der Waals surface area contributed by atoms with Crippen molar-refractivity contribution in [3.63, 3.8) is 0 Å². The summed E-state index contributed by atoms with van der Waals surface area (Å²) in [5, 5.41) is 6.04. The number of H-pyrrole nitrogens is 1. The molecule has 0 aliphatic carbocycles. The molecule has 0 unspecified atom stereocenters. The molecule has 7 nitrogen and oxygen atoms in total. The third kappa shape index (κ3) is 2.86. The Balaban J connectivity index is 1.33. The van der Waals surface area contributed by atoms with E-state index in [1.165, 1.54) is 0 Å². The first-order valence-corrected chi connectivity index (χ1v) is 7.96. The number of hydrogen-bond acceptors (Lipinski definition) is 3. The molecule has 2 aliphatic heterocycles. The Morgan fingerprint density at radius 3 is 2.92 bits per heavy atom. The highest BCUT2D eigenvalue weighted by Gasteiger charge is 2.43. The van der Waals surface area contributed by atoms with Crippen molar-refractivity contribution >= 4 is 23.0 Å². The normalized spacial score (nSPS) is 22.0. The van der Waals surface area contributed by atoms with Crippen LogP contribution in [0, 0.1) is 11.6 Å². The molecule has 2 fully saturated rings. The van der Waals surface area contributed by atoms with Crippen LogP contribution in [-0.4, -0.2) is 53.8 Å². The second-order valence-corrected chi connectivity index (χ2v) is 6.21. The number of benzene rings is 1. The van der Waals surface area contributed by atoms with E-state index in [9.17, 15) is 18.4 Å². The molecule has 2 saturated heterocycles. The van der Waals surface area contributed by atoms with Crippen molar-refractivity contribution in [3.05, 3.63) is 35.5 Å². The fraction of sp³-hybridized carbons (Fsp3) is 0.375. The number of likely N-dealkylation sites (tertiary alicyclic amines) is 1. The first-order valence-electron chi connectivity index (χ1n) is 7.96. The van der Waals surface area contributed by atoms with Crippen LogP contribution in [-0.2, 0) is 11.2 Å². The maximum Gasteiger partial charge on any atom is 0.407 e. The Morgan fingerprint density at radius 2 is 2.12 bits per heavy atom. The molecule has 0 radical (unpaired) electrons. The van der Waals surface area contributed by atoms with Crippen LogP contribution < -0.4 is 10.6 Å². The molecular formula is C16H16F2N4O3. The highest BCUT2D eigenvalue weighted by Crippen LogP contribution is 2.22. The van der Waals surface area contributed by atoms with Crippen molar-refractivity contribution in [2.75, 3.05) is 19.6 Å². The summed E-state index contributed by atoms with van der Waals surface area (Å²) in [4.78, 5) is 27.7. The molecule has 4 rings (SSSR count). The van der Waals surface area contributed by atoms with Crippen molar-refractivity contribution in [3.8, 4) is 0 Å². The van der Waals surface area contributed by atoms with Gasteiger partial charge in [-0.25, -0.2) is 18.4 Å². The van der Waals surface area contributed by atoms with Gasteiger partial charge >= 0.3 is 12.1 Å². The predicted molar refractivity (Wildman–Crippen MR) is 84.1 cm³/mol. The molecule has 1 aromatic heterocycles. The molecule has 9 heteroatoms. The highest BCUT2D eigenvalue weighted by molar-refractivity contribution is 5.83. The number of alkyl carbamates (subject to hydrolysis) is 1. The van der Waals surface area contributed by atoms with Crippen LogP contribution in [0.2, 0.25) is 0 Å². The lowest BCUT2D eigenvalue weighted by atomic mass is 10.1. The molecule has 2 aromatic rings. The van der Waals surface area contributed by atoms with Gasteiger partial charge in [-0.3, -0.25) is 0 Å². The molecule has 3 amide bonds. The molecule has 0 bridgehead atoms. The molecule has 2 atom stereocenters. The third-order valence-corrected chi connectivity index (χ3v) is 4.59. The van der Waals surface area contributed by atoms with Crippen molar-refractivity contribution in [1.29, 1.82) is 0 Å². The Bertz CT molecular complexity index is 837. The monoisotopic (exact) mass is 350 g/mol. The molecule has 25 heavy (non-hydrogen) atoms. The minimum Gasteiger partial charge on any atom is -0.442 e. The van der Waals surface area contributed by atoms with Crippen LogP contribution in [0.25, 0.3) is 10.9 Å². The second kappa shape index (κ2) is 5.91. The van der Waals surface area contributed by atoms with E-state index in [4.69, 9.17) is 4.74 Å². The van der Waals surface area contributed by atoms with Crippen LogP contribution in [0.1, 0.15) is 5.56 Å². The highest BCUT2D eigenvalue weighted by atomic mass is 19.2. The van der Waals surface area contributed by atoms with Gasteiger partial charge in [-0.2, -0.15) is 0 Å². The number of rotatable bonds is 3. The van der Waals surface area contributed by atoms with Gasteiger partial charge in [0.1, 0.15) is 6.10 Å². The van der Waals surface area contributed by atoms with E-state index in [2.05, 4.69) is 15.6 Å². The largest absolute Gasteiger partial charge is 0.442 e. The number of halogens is 2. The van der Waals surface area contributed by atoms with E-state index in [0.717, 1.165) is 17.7 Å². The molecule has 0 spiro atoms. The molecule has 3 N–H and O–H groups in total. The first-order chi connectivity index (χ1) is 12.0. The van der Waals surface area contributed by atoms with Gasteiger partial charge in [-0.15, -0.1) is 0 Å². The van der Waals surface area contributed by atoms with Gasteiger partial charge in [-0.05, 0) is 18.1 Å². The number of nitrogens with one attached hydrogen (secondary N) is 3. The zero-order valence-electron chi connectivity index (χ0n) is 13.1. The van der Waals surface area contributed by atoms with Gasteiger partial charge in [0.25, 0.3) is 0 Å². The van der Waals surface area contributed by atoms with Gasteiger partial charge in [0, 0.05) is 36.3 Å². The smallest absolute Gasteiger partial charge is 0.407 e. The lowest BCUT2D eigenvalue weighted by Crippen LogP contribution is -2.42. The van der Waals surface area contributed by atoms with Gasteiger partial charge < -0.3 is 25.3 Å². The fourth-order valence-corrected chi connectivity index (χ4v) is 3.32. The quantitative estimate of drug-likeness (QED) is 0.784. The number of carbonyl (C=O) groups excluding carboxylic acids is 2. The summed E-state index contributed by atoms with van der Waals surface area (Å²) in [6.45, 7) is 1.11. The van der Waals surface area contributed by atoms with Crippen molar-refractivity contribution < 1.29 is 23.1 Å². The average molecular weight is 350 g/mol. The Morgan fingerprint density at radius 1 is 1.32 bits per heavy atom. The zero-order chi connectivity index (χ0) is 17.6. The maximum atomic E-state index is 13.4. The summed E-state index contributed by atoms with van der Waals surface area (Å²) < 4.78 is 31.7. The van der Waals surface area contributed by atoms with Gasteiger partial charge in [0.05, 0.1) is 12.6 Å². The van der Waals surface area contributed by atoms with E-state index in [0.29, 0.717) is 37.0 Å². The fourth-order valence-electron chi connectivity index (χ4n) is 3.32. The minimum absolute atomic E-state index is 0.162. The number of aromatic amines is 1. The molecule has 2 aliphatic rings. The average Bonchev–Trinajstić information content (AvgIpc) is 3.21. The number of amides is 3. The molecule has 132 valence electrons. The van der Waals surface area contributed by atoms with Crippen molar-refractivity contribution in [2.45, 2.75) is 18.6 Å². The van der Waals surface area contributed by atoms with E-state index in [-0.39, 0.29) is 18.2 Å². The van der Waals surface area contributed by atoms with E-state index in [1.54, 1.807) is 11.1 Å². The van der Waals surface area contributed by atoms with E-state index in [1.807, 2.05) is 0 Å². The summed E-state index contributed by atoms with van der Waals surface area (Å²) in [5.74, 6) is -1.80. The lowest BCUT2D eigenvalue weighted by Gasteiger charge is -2.17. The van der Waals surface area contributed by atoms with Crippen LogP contribution in [0.15, 0.2) is 18.3 Å². The number of ether oxygens (including phenoxy) is 1. The van der Waals surface area contributed by atoms with Crippen LogP contribution in [0.3, 0.4) is 0 Å². The Labute approximate surface area is 141 Å². The number of nitrogens with zero attached hydrogens (tertiary/aromatic N) is 1. The molecule has 1 aromatic carbocycles. The van der Waals surface area contributed by atoms with Crippen LogP contribution in [0.4, 0.5) is 18.4 Å².